The van der Waals surface area contributed by atoms with E-state index >= 15 is 0 Å². The Morgan fingerprint density at radius 2 is 2.12 bits per heavy atom. The van der Waals surface area contributed by atoms with Crippen LogP contribution >= 0.6 is 11.6 Å². The number of hydrogen-bond acceptors (Lipinski definition) is 8. The van der Waals surface area contributed by atoms with Crippen molar-refractivity contribution in [2.24, 2.45) is 0 Å². The summed E-state index contributed by atoms with van der Waals surface area (Å²) in [5.41, 5.74) is 1.24. The molecule has 32 heavy (non-hydrogen) atoms. The van der Waals surface area contributed by atoms with Crippen molar-refractivity contribution in [2.45, 2.75) is 12.5 Å². The molecule has 2 heterocycles. The lowest BCUT2D eigenvalue weighted by molar-refractivity contribution is -0.137. The fourth-order valence-electron chi connectivity index (χ4n) is 3.41. The highest BCUT2D eigenvalue weighted by Crippen LogP contribution is 2.35. The Morgan fingerprint density at radius 1 is 1.28 bits per heavy atom. The van der Waals surface area contributed by atoms with Crippen LogP contribution in [0.5, 0.6) is 11.5 Å². The summed E-state index contributed by atoms with van der Waals surface area (Å²) in [6.45, 7) is 1.42. The Morgan fingerprint density at radius 3 is 2.84 bits per heavy atom. The van der Waals surface area contributed by atoms with Gasteiger partial charge in [-0.05, 0) is 31.3 Å². The highest BCUT2D eigenvalue weighted by atomic mass is 35.5. The molecule has 0 bridgehead atoms. The topological polar surface area (TPSA) is 85.8 Å². The molecule has 3 aromatic rings. The van der Waals surface area contributed by atoms with Gasteiger partial charge in [0.15, 0.2) is 11.5 Å². The van der Waals surface area contributed by atoms with Crippen LogP contribution in [0.2, 0.25) is 5.02 Å². The number of benzene rings is 2. The molecule has 168 valence electrons. The number of anilines is 2. The third kappa shape index (κ3) is 4.84. The molecule has 4 rings (SSSR count). The standard InChI is InChI=1S/C22H22ClFN4O4/c1-28(14-8-21(29)32-11-14)5-6-31-20-10-18-15(9-19(20)30-2)22(26-12-25-18)27-13-3-4-17(24)16(23)7-13/h3-4,7,9-10,12,14H,5-6,8,11H2,1-2H3,(H,25,26,27). The zero-order valence-electron chi connectivity index (χ0n) is 17.6. The number of aromatic nitrogens is 2. The summed E-state index contributed by atoms with van der Waals surface area (Å²) < 4.78 is 29.9. The summed E-state index contributed by atoms with van der Waals surface area (Å²) >= 11 is 5.87. The van der Waals surface area contributed by atoms with E-state index in [2.05, 4.69) is 15.3 Å². The van der Waals surface area contributed by atoms with Crippen molar-refractivity contribution in [1.29, 1.82) is 0 Å². The van der Waals surface area contributed by atoms with E-state index in [1.54, 1.807) is 25.3 Å². The average Bonchev–Trinajstić information content (AvgIpc) is 3.22. The van der Waals surface area contributed by atoms with Gasteiger partial charge in [0.05, 0.1) is 30.1 Å². The van der Waals surface area contributed by atoms with Crippen molar-refractivity contribution < 1.29 is 23.4 Å². The van der Waals surface area contributed by atoms with E-state index in [1.165, 1.54) is 18.5 Å². The van der Waals surface area contributed by atoms with Crippen molar-refractivity contribution in [3.05, 3.63) is 47.5 Å². The van der Waals surface area contributed by atoms with E-state index in [1.807, 2.05) is 11.9 Å². The van der Waals surface area contributed by atoms with Gasteiger partial charge in [0, 0.05) is 23.7 Å². The molecule has 2 aromatic carbocycles. The number of carbonyl (C=O) groups excluding carboxylic acids is 1. The van der Waals surface area contributed by atoms with E-state index in [-0.39, 0.29) is 17.0 Å². The fourth-order valence-corrected chi connectivity index (χ4v) is 3.59. The summed E-state index contributed by atoms with van der Waals surface area (Å²) in [4.78, 5) is 22.0. The van der Waals surface area contributed by atoms with Crippen LogP contribution < -0.4 is 14.8 Å². The van der Waals surface area contributed by atoms with E-state index in [4.69, 9.17) is 25.8 Å². The second kappa shape index (κ2) is 9.54. The number of rotatable bonds is 8. The number of esters is 1. The van der Waals surface area contributed by atoms with Crippen molar-refractivity contribution in [3.63, 3.8) is 0 Å². The van der Waals surface area contributed by atoms with Gasteiger partial charge in [0.1, 0.15) is 31.2 Å². The molecule has 1 fully saturated rings. The second-order valence-corrected chi connectivity index (χ2v) is 7.77. The van der Waals surface area contributed by atoms with Crippen LogP contribution in [0.3, 0.4) is 0 Å². The first-order chi connectivity index (χ1) is 15.4. The van der Waals surface area contributed by atoms with Crippen molar-refractivity contribution in [2.75, 3.05) is 39.2 Å². The van der Waals surface area contributed by atoms with Gasteiger partial charge in [-0.15, -0.1) is 0 Å². The van der Waals surface area contributed by atoms with Crippen LogP contribution in [0.4, 0.5) is 15.9 Å². The van der Waals surface area contributed by atoms with Gasteiger partial charge in [-0.1, -0.05) is 11.6 Å². The minimum Gasteiger partial charge on any atom is -0.493 e. The number of cyclic esters (lactones) is 1. The molecule has 10 heteroatoms. The first-order valence-electron chi connectivity index (χ1n) is 9.98. The number of carbonyl (C=O) groups is 1. The third-order valence-electron chi connectivity index (χ3n) is 5.27. The van der Waals surface area contributed by atoms with Gasteiger partial charge in [0.25, 0.3) is 0 Å². The molecule has 1 saturated heterocycles. The summed E-state index contributed by atoms with van der Waals surface area (Å²) in [5, 5.41) is 3.85. The Bertz CT molecular complexity index is 1150. The molecule has 0 radical (unpaired) electrons. The lowest BCUT2D eigenvalue weighted by atomic mass is 10.2. The van der Waals surface area contributed by atoms with E-state index in [9.17, 15) is 9.18 Å². The van der Waals surface area contributed by atoms with Gasteiger partial charge >= 0.3 is 5.97 Å². The van der Waals surface area contributed by atoms with Crippen molar-refractivity contribution in [3.8, 4) is 11.5 Å². The smallest absolute Gasteiger partial charge is 0.307 e. The minimum atomic E-state index is -0.495. The zero-order valence-corrected chi connectivity index (χ0v) is 18.4. The van der Waals surface area contributed by atoms with Gasteiger partial charge in [0.2, 0.25) is 0 Å². The summed E-state index contributed by atoms with van der Waals surface area (Å²) in [5.74, 6) is 0.918. The SMILES string of the molecule is COc1cc2c(Nc3ccc(F)c(Cl)c3)ncnc2cc1OCCN(C)C1COC(=O)C1. The second-order valence-electron chi connectivity index (χ2n) is 7.37. The van der Waals surface area contributed by atoms with Crippen LogP contribution in [0.1, 0.15) is 6.42 Å². The van der Waals surface area contributed by atoms with E-state index in [0.29, 0.717) is 60.1 Å². The first-order valence-corrected chi connectivity index (χ1v) is 10.4. The Kier molecular flexibility index (Phi) is 6.57. The molecule has 1 aliphatic heterocycles. The number of fused-ring (bicyclic) bond motifs is 1. The van der Waals surface area contributed by atoms with Crippen LogP contribution in [-0.4, -0.2) is 60.8 Å². The fraction of sp³-hybridized carbons (Fsp3) is 0.318. The molecular weight excluding hydrogens is 439 g/mol. The molecule has 8 nitrogen and oxygen atoms in total. The number of nitrogens with one attached hydrogen (secondary N) is 1. The van der Waals surface area contributed by atoms with Crippen LogP contribution in [0, 0.1) is 5.82 Å². The van der Waals surface area contributed by atoms with Crippen molar-refractivity contribution in [1.82, 2.24) is 14.9 Å². The van der Waals surface area contributed by atoms with Crippen LogP contribution in [0.15, 0.2) is 36.7 Å². The largest absolute Gasteiger partial charge is 0.493 e. The predicted octanol–water partition coefficient (Wildman–Crippen LogP) is 3.80. The van der Waals surface area contributed by atoms with Gasteiger partial charge in [-0.2, -0.15) is 0 Å². The highest BCUT2D eigenvalue weighted by Gasteiger charge is 2.27. The maximum Gasteiger partial charge on any atom is 0.307 e. The number of nitrogens with zero attached hydrogens (tertiary/aromatic N) is 3. The Hall–Kier alpha value is -3.17. The molecule has 1 aromatic heterocycles. The monoisotopic (exact) mass is 460 g/mol. The molecule has 0 amide bonds. The number of halogens is 2. The van der Waals surface area contributed by atoms with Crippen LogP contribution in [-0.2, 0) is 9.53 Å². The zero-order chi connectivity index (χ0) is 22.7. The Labute approximate surface area is 189 Å². The first kappa shape index (κ1) is 22.0. The van der Waals surface area contributed by atoms with Gasteiger partial charge < -0.3 is 19.5 Å². The van der Waals surface area contributed by atoms with Gasteiger partial charge in [-0.3, -0.25) is 9.69 Å². The number of methoxy groups -OCH3 is 1. The number of likely N-dealkylation sites (N-methyl/N-ethyl adjacent to an activating group) is 1. The molecule has 0 saturated carbocycles. The molecule has 1 atom stereocenters. The molecule has 1 aliphatic rings. The normalized spacial score (nSPS) is 15.8. The van der Waals surface area contributed by atoms with E-state index in [0.717, 1.165) is 0 Å². The minimum absolute atomic E-state index is 0.0140. The van der Waals surface area contributed by atoms with Crippen molar-refractivity contribution >= 4 is 40.0 Å². The molecule has 1 N–H and O–H groups in total. The summed E-state index contributed by atoms with van der Waals surface area (Å²) in [6.07, 6.45) is 1.82. The van der Waals surface area contributed by atoms with E-state index < -0.39 is 5.82 Å². The lowest BCUT2D eigenvalue weighted by Gasteiger charge is -2.22. The quantitative estimate of drug-likeness (QED) is 0.508. The summed E-state index contributed by atoms with van der Waals surface area (Å²) in [7, 11) is 3.48. The number of ether oxygens (including phenoxy) is 3. The maximum absolute atomic E-state index is 13.5. The third-order valence-corrected chi connectivity index (χ3v) is 5.56. The Balaban J connectivity index is 1.50. The maximum atomic E-state index is 13.5. The molecule has 1 unspecified atom stereocenters. The summed E-state index contributed by atoms with van der Waals surface area (Å²) in [6, 6.07) is 7.96. The predicted molar refractivity (Wildman–Crippen MR) is 118 cm³/mol. The lowest BCUT2D eigenvalue weighted by Crippen LogP contribution is -2.35. The molecular formula is C22H22ClFN4O4. The highest BCUT2D eigenvalue weighted by molar-refractivity contribution is 6.31. The van der Waals surface area contributed by atoms with Crippen LogP contribution in [0.25, 0.3) is 10.9 Å². The van der Waals surface area contributed by atoms with Gasteiger partial charge in [-0.25, -0.2) is 14.4 Å². The molecule has 0 aliphatic carbocycles. The number of hydrogen-bond donors (Lipinski definition) is 1. The average molecular weight is 461 g/mol. The molecule has 0 spiro atoms.